The summed E-state index contributed by atoms with van der Waals surface area (Å²) in [5.41, 5.74) is 2.27. The number of allylic oxidation sites excluding steroid dienone is 1. The largest absolute Gasteiger partial charge is 0.103 e. The van der Waals surface area contributed by atoms with Crippen molar-refractivity contribution in [2.24, 2.45) is 0 Å². The highest BCUT2D eigenvalue weighted by Gasteiger charge is 1.89. The molecule has 1 rings (SSSR count). The van der Waals surface area contributed by atoms with Gasteiger partial charge in [-0.15, -0.1) is 6.58 Å². The van der Waals surface area contributed by atoms with Crippen LogP contribution < -0.4 is 0 Å². The summed E-state index contributed by atoms with van der Waals surface area (Å²) < 4.78 is 0. The van der Waals surface area contributed by atoms with Crippen LogP contribution in [-0.2, 0) is 0 Å². The van der Waals surface area contributed by atoms with Gasteiger partial charge < -0.3 is 0 Å². The van der Waals surface area contributed by atoms with Crippen molar-refractivity contribution in [3.8, 4) is 0 Å². The van der Waals surface area contributed by atoms with Crippen LogP contribution in [0.2, 0.25) is 0 Å². The van der Waals surface area contributed by atoms with Crippen molar-refractivity contribution in [3.05, 3.63) is 61.2 Å². The first-order valence-corrected chi connectivity index (χ1v) is 4.21. The molecule has 0 N–H and O–H groups in total. The average molecular weight is 172 g/mol. The highest BCUT2D eigenvalue weighted by atomic mass is 13.9. The van der Waals surface area contributed by atoms with Crippen molar-refractivity contribution < 1.29 is 0 Å². The van der Waals surface area contributed by atoms with Crippen LogP contribution in [0.3, 0.4) is 0 Å². The third-order valence-electron chi connectivity index (χ3n) is 1.44. The van der Waals surface area contributed by atoms with Crippen LogP contribution >= 0.6 is 0 Å². The van der Waals surface area contributed by atoms with Crippen LogP contribution in [0.25, 0.3) is 12.2 Å². The first-order valence-electron chi connectivity index (χ1n) is 4.21. The highest BCUT2D eigenvalue weighted by Crippen LogP contribution is 2.10. The Kier molecular flexibility index (Phi) is 6.26. The monoisotopic (exact) mass is 172 g/mol. The van der Waals surface area contributed by atoms with E-state index >= 15 is 0 Å². The molecular weight excluding hydrogens is 156 g/mol. The molecule has 0 heterocycles. The van der Waals surface area contributed by atoms with Gasteiger partial charge in [0.05, 0.1) is 0 Å². The minimum absolute atomic E-state index is 1.14. The summed E-state index contributed by atoms with van der Waals surface area (Å²) in [7, 11) is 0. The number of rotatable bonds is 2. The van der Waals surface area contributed by atoms with Crippen molar-refractivity contribution in [2.75, 3.05) is 0 Å². The molecule has 68 valence electrons. The van der Waals surface area contributed by atoms with Crippen LogP contribution in [0.15, 0.2) is 50.1 Å². The van der Waals surface area contributed by atoms with Crippen LogP contribution in [0.1, 0.15) is 18.1 Å². The molecule has 0 spiro atoms. The van der Waals surface area contributed by atoms with Gasteiger partial charge in [-0.25, -0.2) is 0 Å². The lowest BCUT2D eigenvalue weighted by molar-refractivity contribution is 1.62. The van der Waals surface area contributed by atoms with Gasteiger partial charge in [-0.2, -0.15) is 0 Å². The molecule has 0 heteroatoms. The standard InChI is InChI=1S/C10H10.C3H6/c1-3-9-7-5-6-8-10(9)4-2;1-3-2/h3-8H,1-2H2;3H,1H2,2H3. The molecule has 0 aromatic heterocycles. The molecule has 0 aliphatic rings. The van der Waals surface area contributed by atoms with Gasteiger partial charge >= 0.3 is 0 Å². The van der Waals surface area contributed by atoms with E-state index in [-0.39, 0.29) is 0 Å². The molecule has 1 aromatic rings. The molecule has 0 saturated carbocycles. The van der Waals surface area contributed by atoms with E-state index in [1.165, 1.54) is 0 Å². The summed E-state index contributed by atoms with van der Waals surface area (Å²) in [5.74, 6) is 0. The molecule has 0 unspecified atom stereocenters. The van der Waals surface area contributed by atoms with E-state index in [2.05, 4.69) is 19.7 Å². The van der Waals surface area contributed by atoms with Gasteiger partial charge in [0.25, 0.3) is 0 Å². The predicted molar refractivity (Wildman–Crippen MR) is 62.5 cm³/mol. The lowest BCUT2D eigenvalue weighted by Crippen LogP contribution is -1.76. The third-order valence-corrected chi connectivity index (χ3v) is 1.44. The van der Waals surface area contributed by atoms with Gasteiger partial charge in [0.2, 0.25) is 0 Å². The maximum absolute atomic E-state index is 3.69. The maximum atomic E-state index is 3.69. The Morgan fingerprint density at radius 1 is 0.923 bits per heavy atom. The minimum Gasteiger partial charge on any atom is -0.103 e. The Morgan fingerprint density at radius 3 is 1.46 bits per heavy atom. The highest BCUT2D eigenvalue weighted by molar-refractivity contribution is 5.63. The van der Waals surface area contributed by atoms with E-state index in [1.807, 2.05) is 43.3 Å². The summed E-state index contributed by atoms with van der Waals surface area (Å²) in [6.07, 6.45) is 5.41. The van der Waals surface area contributed by atoms with Crippen LogP contribution in [0.5, 0.6) is 0 Å². The summed E-state index contributed by atoms with van der Waals surface area (Å²) in [4.78, 5) is 0. The van der Waals surface area contributed by atoms with E-state index in [4.69, 9.17) is 0 Å². The summed E-state index contributed by atoms with van der Waals surface area (Å²) >= 11 is 0. The Balaban J connectivity index is 0.000000424. The van der Waals surface area contributed by atoms with Crippen molar-refractivity contribution in [1.29, 1.82) is 0 Å². The van der Waals surface area contributed by atoms with Crippen LogP contribution in [0, 0.1) is 0 Å². The van der Waals surface area contributed by atoms with Crippen molar-refractivity contribution in [2.45, 2.75) is 6.92 Å². The van der Waals surface area contributed by atoms with Crippen LogP contribution in [-0.4, -0.2) is 0 Å². The number of hydrogen-bond donors (Lipinski definition) is 0. The second kappa shape index (κ2) is 7.11. The predicted octanol–water partition coefficient (Wildman–Crippen LogP) is 4.16. The Labute approximate surface area is 80.9 Å². The smallest absolute Gasteiger partial charge is 0.0190 e. The molecule has 13 heavy (non-hydrogen) atoms. The third kappa shape index (κ3) is 4.12. The molecular formula is C13H16. The van der Waals surface area contributed by atoms with Crippen molar-refractivity contribution in [3.63, 3.8) is 0 Å². The Hall–Kier alpha value is -1.56. The van der Waals surface area contributed by atoms with E-state index in [0.717, 1.165) is 11.1 Å². The van der Waals surface area contributed by atoms with E-state index < -0.39 is 0 Å². The molecule has 0 saturated heterocycles. The maximum Gasteiger partial charge on any atom is -0.0190 e. The molecule has 0 bridgehead atoms. The zero-order chi connectivity index (χ0) is 10.1. The Morgan fingerprint density at radius 2 is 1.23 bits per heavy atom. The second-order valence-electron chi connectivity index (χ2n) is 2.45. The second-order valence-corrected chi connectivity index (χ2v) is 2.45. The topological polar surface area (TPSA) is 0 Å². The quantitative estimate of drug-likeness (QED) is 0.587. The molecule has 1 aromatic carbocycles. The molecule has 0 fully saturated rings. The fraction of sp³-hybridized carbons (Fsp3) is 0.0769. The summed E-state index contributed by atoms with van der Waals surface area (Å²) in [6.45, 7) is 12.6. The van der Waals surface area contributed by atoms with E-state index in [0.29, 0.717) is 0 Å². The van der Waals surface area contributed by atoms with Crippen molar-refractivity contribution in [1.82, 2.24) is 0 Å². The average Bonchev–Trinajstić information content (AvgIpc) is 2.19. The number of benzene rings is 1. The van der Waals surface area contributed by atoms with Gasteiger partial charge in [-0.3, -0.25) is 0 Å². The molecule has 0 atom stereocenters. The molecule has 0 aliphatic heterocycles. The fourth-order valence-electron chi connectivity index (χ4n) is 0.883. The SMILES string of the molecule is C=CC.C=Cc1ccccc1C=C. The number of hydrogen-bond acceptors (Lipinski definition) is 0. The lowest BCUT2D eigenvalue weighted by atomic mass is 10.1. The van der Waals surface area contributed by atoms with Gasteiger partial charge in [-0.1, -0.05) is 55.7 Å². The van der Waals surface area contributed by atoms with E-state index in [9.17, 15) is 0 Å². The molecule has 0 nitrogen and oxygen atoms in total. The first-order chi connectivity index (χ1) is 6.29. The van der Waals surface area contributed by atoms with Gasteiger partial charge in [0.15, 0.2) is 0 Å². The zero-order valence-corrected chi connectivity index (χ0v) is 8.16. The van der Waals surface area contributed by atoms with Crippen LogP contribution in [0.4, 0.5) is 0 Å². The van der Waals surface area contributed by atoms with E-state index in [1.54, 1.807) is 6.08 Å². The minimum atomic E-state index is 1.14. The van der Waals surface area contributed by atoms with Gasteiger partial charge in [-0.05, 0) is 18.1 Å². The summed E-state index contributed by atoms with van der Waals surface area (Å²) in [6, 6.07) is 8.02. The summed E-state index contributed by atoms with van der Waals surface area (Å²) in [5, 5.41) is 0. The van der Waals surface area contributed by atoms with Crippen molar-refractivity contribution >= 4 is 12.2 Å². The van der Waals surface area contributed by atoms with Gasteiger partial charge in [0.1, 0.15) is 0 Å². The molecule has 0 radical (unpaired) electrons. The normalized spacial score (nSPS) is 7.77. The molecule has 0 amide bonds. The molecule has 0 aliphatic carbocycles. The Bertz CT molecular complexity index is 255. The fourth-order valence-corrected chi connectivity index (χ4v) is 0.883. The van der Waals surface area contributed by atoms with Gasteiger partial charge in [0, 0.05) is 0 Å². The first kappa shape index (κ1) is 11.4. The zero-order valence-electron chi connectivity index (χ0n) is 8.16. The lowest BCUT2D eigenvalue weighted by Gasteiger charge is -1.96.